The molecule has 0 saturated carbocycles. The van der Waals surface area contributed by atoms with Gasteiger partial charge in [-0.25, -0.2) is 4.79 Å². The van der Waals surface area contributed by atoms with Crippen molar-refractivity contribution in [3.63, 3.8) is 0 Å². The molecule has 0 radical (unpaired) electrons. The van der Waals surface area contributed by atoms with Crippen molar-refractivity contribution >= 4 is 17.4 Å². The molecule has 0 aromatic heterocycles. The fourth-order valence-electron chi connectivity index (χ4n) is 4.55. The summed E-state index contributed by atoms with van der Waals surface area (Å²) in [6.07, 6.45) is 2.10. The Balaban J connectivity index is 1.60. The molecule has 0 atom stereocenters. The van der Waals surface area contributed by atoms with E-state index in [1.54, 1.807) is 14.2 Å². The zero-order chi connectivity index (χ0) is 20.4. The Kier molecular flexibility index (Phi) is 5.37. The van der Waals surface area contributed by atoms with Crippen molar-refractivity contribution in [1.29, 1.82) is 0 Å². The van der Waals surface area contributed by atoms with E-state index < -0.39 is 0 Å². The van der Waals surface area contributed by atoms with E-state index in [4.69, 9.17) is 9.47 Å². The third-order valence-corrected chi connectivity index (χ3v) is 6.37. The molecule has 2 aliphatic heterocycles. The number of piperidine rings is 1. The van der Waals surface area contributed by atoms with Gasteiger partial charge in [-0.1, -0.05) is 6.92 Å². The third kappa shape index (κ3) is 3.65. The summed E-state index contributed by atoms with van der Waals surface area (Å²) in [5.74, 6) is 1.61. The molecule has 6 heteroatoms. The maximum absolute atomic E-state index is 13.2. The maximum Gasteiger partial charge on any atom is 0.326 e. The second-order valence-electron chi connectivity index (χ2n) is 7.84. The molecule has 0 bridgehead atoms. The normalized spacial score (nSPS) is 17.8. The summed E-state index contributed by atoms with van der Waals surface area (Å²) >= 11 is 0. The number of hydrogen-bond acceptors (Lipinski definition) is 4. The first kappa shape index (κ1) is 19.6. The number of nitrogens with one attached hydrogen (secondary N) is 1. The number of hydrogen-bond donors (Lipinski definition) is 1. The van der Waals surface area contributed by atoms with Crippen LogP contribution in [0.2, 0.25) is 0 Å². The molecule has 2 heterocycles. The molecular weight excluding hydrogens is 366 g/mol. The Bertz CT molecular complexity index is 873. The molecule has 0 unspecified atom stereocenters. The standard InChI is InChI=1S/C23H29N3O3/c1-4-25-13-11-23(12-14-25)16-26(21-10-9-19(29-3)15-20(21)23)22(27)24-17-5-7-18(28-2)8-6-17/h5-10,15H,4,11-14,16H2,1-3H3,(H,24,27). The van der Waals surface area contributed by atoms with Gasteiger partial charge in [0.25, 0.3) is 0 Å². The van der Waals surface area contributed by atoms with Crippen LogP contribution in [0.5, 0.6) is 11.5 Å². The minimum atomic E-state index is -0.101. The first-order valence-electron chi connectivity index (χ1n) is 10.2. The van der Waals surface area contributed by atoms with E-state index in [0.29, 0.717) is 6.54 Å². The topological polar surface area (TPSA) is 54.0 Å². The predicted molar refractivity (Wildman–Crippen MR) is 115 cm³/mol. The van der Waals surface area contributed by atoms with Gasteiger partial charge in [0, 0.05) is 23.3 Å². The quantitative estimate of drug-likeness (QED) is 0.847. The number of ether oxygens (including phenoxy) is 2. The van der Waals surface area contributed by atoms with E-state index in [2.05, 4.69) is 23.2 Å². The molecule has 1 spiro atoms. The van der Waals surface area contributed by atoms with Gasteiger partial charge < -0.3 is 19.7 Å². The zero-order valence-corrected chi connectivity index (χ0v) is 17.4. The predicted octanol–water partition coefficient (Wildman–Crippen LogP) is 4.11. The van der Waals surface area contributed by atoms with E-state index in [-0.39, 0.29) is 11.4 Å². The number of likely N-dealkylation sites (tertiary alicyclic amines) is 1. The smallest absolute Gasteiger partial charge is 0.326 e. The fourth-order valence-corrected chi connectivity index (χ4v) is 4.55. The molecule has 2 aliphatic rings. The Labute approximate surface area is 172 Å². The van der Waals surface area contributed by atoms with Crippen molar-refractivity contribution in [3.8, 4) is 11.5 Å². The van der Waals surface area contributed by atoms with Crippen molar-refractivity contribution in [2.24, 2.45) is 0 Å². The van der Waals surface area contributed by atoms with Gasteiger partial charge >= 0.3 is 6.03 Å². The van der Waals surface area contributed by atoms with Gasteiger partial charge in [-0.3, -0.25) is 4.90 Å². The van der Waals surface area contributed by atoms with Gasteiger partial charge in [-0.2, -0.15) is 0 Å². The van der Waals surface area contributed by atoms with Crippen molar-refractivity contribution in [1.82, 2.24) is 4.90 Å². The zero-order valence-electron chi connectivity index (χ0n) is 17.4. The molecule has 6 nitrogen and oxygen atoms in total. The summed E-state index contributed by atoms with van der Waals surface area (Å²) < 4.78 is 10.7. The monoisotopic (exact) mass is 395 g/mol. The first-order chi connectivity index (χ1) is 14.1. The van der Waals surface area contributed by atoms with Gasteiger partial charge in [0.05, 0.1) is 14.2 Å². The maximum atomic E-state index is 13.2. The largest absolute Gasteiger partial charge is 0.497 e. The van der Waals surface area contributed by atoms with E-state index in [0.717, 1.165) is 55.3 Å². The molecule has 1 saturated heterocycles. The van der Waals surface area contributed by atoms with E-state index >= 15 is 0 Å². The van der Waals surface area contributed by atoms with Crippen LogP contribution in [-0.4, -0.2) is 51.3 Å². The molecule has 154 valence electrons. The Morgan fingerprint density at radius 1 is 1.03 bits per heavy atom. The van der Waals surface area contributed by atoms with Gasteiger partial charge in [-0.15, -0.1) is 0 Å². The lowest BCUT2D eigenvalue weighted by Crippen LogP contribution is -2.46. The van der Waals surface area contributed by atoms with Crippen LogP contribution < -0.4 is 19.7 Å². The average Bonchev–Trinajstić information content (AvgIpc) is 3.08. The molecule has 29 heavy (non-hydrogen) atoms. The lowest BCUT2D eigenvalue weighted by atomic mass is 9.74. The fraction of sp³-hybridized carbons (Fsp3) is 0.435. The van der Waals surface area contributed by atoms with Crippen LogP contribution >= 0.6 is 0 Å². The van der Waals surface area contributed by atoms with Crippen LogP contribution in [0.4, 0.5) is 16.2 Å². The lowest BCUT2D eigenvalue weighted by Gasteiger charge is -2.39. The molecule has 2 amide bonds. The minimum absolute atomic E-state index is 0.00715. The van der Waals surface area contributed by atoms with E-state index in [9.17, 15) is 4.79 Å². The van der Waals surface area contributed by atoms with Gasteiger partial charge in [0.1, 0.15) is 11.5 Å². The van der Waals surface area contributed by atoms with Crippen molar-refractivity contribution in [2.45, 2.75) is 25.2 Å². The number of nitrogens with zero attached hydrogens (tertiary/aromatic N) is 2. The highest BCUT2D eigenvalue weighted by Gasteiger charge is 2.46. The molecule has 1 N–H and O–H groups in total. The number of benzene rings is 2. The Morgan fingerprint density at radius 2 is 1.69 bits per heavy atom. The number of urea groups is 1. The second-order valence-corrected chi connectivity index (χ2v) is 7.84. The lowest BCUT2D eigenvalue weighted by molar-refractivity contribution is 0.173. The molecular formula is C23H29N3O3. The van der Waals surface area contributed by atoms with Crippen LogP contribution in [0.3, 0.4) is 0 Å². The number of rotatable bonds is 4. The average molecular weight is 396 g/mol. The summed E-state index contributed by atoms with van der Waals surface area (Å²) in [5.41, 5.74) is 2.97. The third-order valence-electron chi connectivity index (χ3n) is 6.37. The molecule has 4 rings (SSSR count). The highest BCUT2D eigenvalue weighted by atomic mass is 16.5. The van der Waals surface area contributed by atoms with Gasteiger partial charge in [-0.05, 0) is 80.5 Å². The van der Waals surface area contributed by atoms with Crippen LogP contribution in [0.25, 0.3) is 0 Å². The Morgan fingerprint density at radius 3 is 2.31 bits per heavy atom. The molecule has 0 aliphatic carbocycles. The molecule has 2 aromatic rings. The number of carbonyl (C=O) groups is 1. The number of carbonyl (C=O) groups excluding carboxylic acids is 1. The number of amides is 2. The van der Waals surface area contributed by atoms with Crippen molar-refractivity contribution in [3.05, 3.63) is 48.0 Å². The summed E-state index contributed by atoms with van der Waals surface area (Å²) in [7, 11) is 3.32. The van der Waals surface area contributed by atoms with Crippen LogP contribution in [-0.2, 0) is 5.41 Å². The van der Waals surface area contributed by atoms with Crippen LogP contribution in [0.1, 0.15) is 25.3 Å². The summed E-state index contributed by atoms with van der Waals surface area (Å²) in [6, 6.07) is 13.4. The SMILES string of the molecule is CCN1CCC2(CC1)CN(C(=O)Nc1ccc(OC)cc1)c1ccc(OC)cc12. The number of anilines is 2. The van der Waals surface area contributed by atoms with E-state index in [1.807, 2.05) is 41.3 Å². The summed E-state index contributed by atoms with van der Waals surface area (Å²) in [4.78, 5) is 17.5. The highest BCUT2D eigenvalue weighted by molar-refractivity contribution is 6.03. The molecule has 2 aromatic carbocycles. The molecule has 1 fully saturated rings. The number of methoxy groups -OCH3 is 2. The number of fused-ring (bicyclic) bond motifs is 2. The van der Waals surface area contributed by atoms with Gasteiger partial charge in [0.15, 0.2) is 0 Å². The first-order valence-corrected chi connectivity index (χ1v) is 10.2. The van der Waals surface area contributed by atoms with E-state index in [1.165, 1.54) is 5.56 Å². The second kappa shape index (κ2) is 7.95. The highest BCUT2D eigenvalue weighted by Crippen LogP contribution is 2.48. The summed E-state index contributed by atoms with van der Waals surface area (Å²) in [5, 5.41) is 3.04. The minimum Gasteiger partial charge on any atom is -0.497 e. The van der Waals surface area contributed by atoms with Crippen LogP contribution in [0.15, 0.2) is 42.5 Å². The van der Waals surface area contributed by atoms with Gasteiger partial charge in [0.2, 0.25) is 0 Å². The van der Waals surface area contributed by atoms with Crippen molar-refractivity contribution in [2.75, 3.05) is 50.6 Å². The Hall–Kier alpha value is -2.73. The summed E-state index contributed by atoms with van der Waals surface area (Å²) in [6.45, 7) is 6.10. The van der Waals surface area contributed by atoms with Crippen molar-refractivity contribution < 1.29 is 14.3 Å². The van der Waals surface area contributed by atoms with Crippen LogP contribution in [0, 0.1) is 0 Å².